The molecule has 0 radical (unpaired) electrons. The van der Waals surface area contributed by atoms with Crippen LogP contribution >= 0.6 is 34.5 Å². The number of esters is 1. The highest BCUT2D eigenvalue weighted by molar-refractivity contribution is 7.16. The molecule has 0 N–H and O–H groups in total. The Morgan fingerprint density at radius 3 is 2.57 bits per heavy atom. The molecule has 0 aliphatic heterocycles. The van der Waals surface area contributed by atoms with E-state index in [2.05, 4.69) is 0 Å². The first-order valence-electron chi connectivity index (χ1n) is 6.35. The van der Waals surface area contributed by atoms with Crippen LogP contribution in [-0.2, 0) is 22.6 Å². The van der Waals surface area contributed by atoms with E-state index in [4.69, 9.17) is 27.9 Å². The van der Waals surface area contributed by atoms with Gasteiger partial charge in [0.05, 0.1) is 18.0 Å². The second kappa shape index (κ2) is 7.80. The molecule has 2 aromatic rings. The predicted octanol–water partition coefficient (Wildman–Crippen LogP) is 4.23. The van der Waals surface area contributed by atoms with Crippen LogP contribution in [0.25, 0.3) is 0 Å². The van der Waals surface area contributed by atoms with Crippen LogP contribution in [0.3, 0.4) is 0 Å². The molecule has 0 bridgehead atoms. The number of benzene rings is 1. The van der Waals surface area contributed by atoms with E-state index in [0.717, 1.165) is 14.8 Å². The third-order valence-electron chi connectivity index (χ3n) is 2.94. The molecular formula is C15H15Cl2NO2S. The lowest BCUT2D eigenvalue weighted by Crippen LogP contribution is -2.29. The molecule has 0 saturated heterocycles. The first kappa shape index (κ1) is 16.3. The zero-order valence-corrected chi connectivity index (χ0v) is 13.8. The standard InChI is InChI=1S/C15H15Cl2NO2S/c1-20-15(19)10-18(9-12-6-7-14(17)21-12)8-11-4-2-3-5-13(11)16/h2-7H,8-10H2,1H3. The van der Waals surface area contributed by atoms with Crippen molar-refractivity contribution in [2.75, 3.05) is 13.7 Å². The molecule has 112 valence electrons. The molecule has 0 aliphatic carbocycles. The van der Waals surface area contributed by atoms with Crippen molar-refractivity contribution in [3.63, 3.8) is 0 Å². The van der Waals surface area contributed by atoms with Crippen LogP contribution in [0.15, 0.2) is 36.4 Å². The quantitative estimate of drug-likeness (QED) is 0.735. The number of nitrogens with zero attached hydrogens (tertiary/aromatic N) is 1. The average molecular weight is 344 g/mol. The number of halogens is 2. The maximum Gasteiger partial charge on any atom is 0.319 e. The van der Waals surface area contributed by atoms with Crippen LogP contribution < -0.4 is 0 Å². The highest BCUT2D eigenvalue weighted by Crippen LogP contribution is 2.24. The van der Waals surface area contributed by atoms with Crippen molar-refractivity contribution in [3.8, 4) is 0 Å². The van der Waals surface area contributed by atoms with Gasteiger partial charge in [-0.1, -0.05) is 41.4 Å². The minimum absolute atomic E-state index is 0.206. The fraction of sp³-hybridized carbons (Fsp3) is 0.267. The van der Waals surface area contributed by atoms with Gasteiger partial charge in [-0.05, 0) is 23.8 Å². The van der Waals surface area contributed by atoms with Gasteiger partial charge < -0.3 is 4.74 Å². The highest BCUT2D eigenvalue weighted by Gasteiger charge is 2.14. The molecule has 0 unspecified atom stereocenters. The van der Waals surface area contributed by atoms with E-state index in [1.165, 1.54) is 18.4 Å². The summed E-state index contributed by atoms with van der Waals surface area (Å²) < 4.78 is 5.49. The molecule has 3 nitrogen and oxygen atoms in total. The maximum atomic E-state index is 11.6. The zero-order chi connectivity index (χ0) is 15.2. The van der Waals surface area contributed by atoms with Crippen molar-refractivity contribution in [1.82, 2.24) is 4.90 Å². The van der Waals surface area contributed by atoms with Gasteiger partial charge in [0.2, 0.25) is 0 Å². The lowest BCUT2D eigenvalue weighted by Gasteiger charge is -2.21. The van der Waals surface area contributed by atoms with Crippen molar-refractivity contribution in [1.29, 1.82) is 0 Å². The molecule has 0 amide bonds. The fourth-order valence-electron chi connectivity index (χ4n) is 1.94. The molecule has 2 rings (SSSR count). The van der Waals surface area contributed by atoms with Crippen molar-refractivity contribution in [2.24, 2.45) is 0 Å². The van der Waals surface area contributed by atoms with Crippen molar-refractivity contribution >= 4 is 40.5 Å². The zero-order valence-electron chi connectivity index (χ0n) is 11.5. The molecule has 0 spiro atoms. The molecule has 21 heavy (non-hydrogen) atoms. The minimum atomic E-state index is -0.273. The van der Waals surface area contributed by atoms with Gasteiger partial charge in [-0.3, -0.25) is 9.69 Å². The lowest BCUT2D eigenvalue weighted by atomic mass is 10.2. The van der Waals surface area contributed by atoms with Gasteiger partial charge in [0.1, 0.15) is 0 Å². The van der Waals surface area contributed by atoms with Gasteiger partial charge >= 0.3 is 5.97 Å². The van der Waals surface area contributed by atoms with Gasteiger partial charge in [-0.15, -0.1) is 11.3 Å². The number of carbonyl (C=O) groups excluding carboxylic acids is 1. The highest BCUT2D eigenvalue weighted by atomic mass is 35.5. The number of hydrogen-bond acceptors (Lipinski definition) is 4. The summed E-state index contributed by atoms with van der Waals surface area (Å²) >= 11 is 13.6. The molecule has 0 saturated carbocycles. The fourth-order valence-corrected chi connectivity index (χ4v) is 3.27. The number of rotatable bonds is 6. The summed E-state index contributed by atoms with van der Waals surface area (Å²) in [4.78, 5) is 14.6. The van der Waals surface area contributed by atoms with Crippen LogP contribution in [0.1, 0.15) is 10.4 Å². The lowest BCUT2D eigenvalue weighted by molar-refractivity contribution is -0.142. The Kier molecular flexibility index (Phi) is 6.06. The normalized spacial score (nSPS) is 10.9. The van der Waals surface area contributed by atoms with Crippen LogP contribution in [-0.4, -0.2) is 24.5 Å². The third-order valence-corrected chi connectivity index (χ3v) is 4.53. The van der Waals surface area contributed by atoms with Crippen molar-refractivity contribution < 1.29 is 9.53 Å². The van der Waals surface area contributed by atoms with Crippen molar-refractivity contribution in [2.45, 2.75) is 13.1 Å². The Morgan fingerprint density at radius 2 is 1.95 bits per heavy atom. The largest absolute Gasteiger partial charge is 0.468 e. The molecule has 1 aromatic carbocycles. The van der Waals surface area contributed by atoms with E-state index in [1.807, 2.05) is 41.3 Å². The van der Waals surface area contributed by atoms with E-state index in [-0.39, 0.29) is 12.5 Å². The summed E-state index contributed by atoms with van der Waals surface area (Å²) in [6.45, 7) is 1.40. The van der Waals surface area contributed by atoms with E-state index in [9.17, 15) is 4.79 Å². The molecule has 0 fully saturated rings. The van der Waals surface area contributed by atoms with E-state index >= 15 is 0 Å². The average Bonchev–Trinajstić information content (AvgIpc) is 2.86. The summed E-state index contributed by atoms with van der Waals surface area (Å²) in [5.74, 6) is -0.273. The van der Waals surface area contributed by atoms with Gasteiger partial charge in [0.15, 0.2) is 0 Å². The predicted molar refractivity (Wildman–Crippen MR) is 86.9 cm³/mol. The number of methoxy groups -OCH3 is 1. The summed E-state index contributed by atoms with van der Waals surface area (Å²) in [6.07, 6.45) is 0. The third kappa shape index (κ3) is 5.00. The topological polar surface area (TPSA) is 29.5 Å². The number of ether oxygens (including phenoxy) is 1. The molecule has 0 aliphatic rings. The SMILES string of the molecule is COC(=O)CN(Cc1ccc(Cl)s1)Cc1ccccc1Cl. The van der Waals surface area contributed by atoms with Crippen LogP contribution in [0, 0.1) is 0 Å². The van der Waals surface area contributed by atoms with Crippen LogP contribution in [0.4, 0.5) is 0 Å². The van der Waals surface area contributed by atoms with Gasteiger partial charge in [-0.25, -0.2) is 0 Å². The first-order chi connectivity index (χ1) is 10.1. The van der Waals surface area contributed by atoms with E-state index in [1.54, 1.807) is 0 Å². The summed E-state index contributed by atoms with van der Waals surface area (Å²) in [5.41, 5.74) is 0.978. The monoisotopic (exact) mass is 343 g/mol. The smallest absolute Gasteiger partial charge is 0.319 e. The number of thiophene rings is 1. The molecular weight excluding hydrogens is 329 g/mol. The van der Waals surface area contributed by atoms with Crippen LogP contribution in [0.2, 0.25) is 9.36 Å². The molecule has 1 aromatic heterocycles. The molecule has 6 heteroatoms. The second-order valence-electron chi connectivity index (χ2n) is 4.52. The van der Waals surface area contributed by atoms with Gasteiger partial charge in [0.25, 0.3) is 0 Å². The number of carbonyl (C=O) groups is 1. The first-order valence-corrected chi connectivity index (χ1v) is 7.92. The second-order valence-corrected chi connectivity index (χ2v) is 6.73. The summed E-state index contributed by atoms with van der Waals surface area (Å²) in [5, 5.41) is 0.691. The van der Waals surface area contributed by atoms with E-state index in [0.29, 0.717) is 18.1 Å². The summed E-state index contributed by atoms with van der Waals surface area (Å²) in [7, 11) is 1.39. The Labute approximate surface area is 138 Å². The van der Waals surface area contributed by atoms with Gasteiger partial charge in [0, 0.05) is 23.0 Å². The van der Waals surface area contributed by atoms with E-state index < -0.39 is 0 Å². The van der Waals surface area contributed by atoms with Crippen molar-refractivity contribution in [3.05, 3.63) is 56.2 Å². The van der Waals surface area contributed by atoms with Gasteiger partial charge in [-0.2, -0.15) is 0 Å². The Balaban J connectivity index is 2.11. The Hall–Kier alpha value is -1.07. The molecule has 0 atom stereocenters. The Bertz CT molecular complexity index is 615. The van der Waals surface area contributed by atoms with Crippen LogP contribution in [0.5, 0.6) is 0 Å². The summed E-state index contributed by atoms with van der Waals surface area (Å²) in [6, 6.07) is 11.4. The Morgan fingerprint density at radius 1 is 1.19 bits per heavy atom. The number of hydrogen-bond donors (Lipinski definition) is 0. The maximum absolute atomic E-state index is 11.6. The minimum Gasteiger partial charge on any atom is -0.468 e. The molecule has 1 heterocycles.